The highest BCUT2D eigenvalue weighted by Crippen LogP contribution is 2.22. The molecule has 96 valence electrons. The number of ether oxygens (including phenoxy) is 1. The van der Waals surface area contributed by atoms with Crippen molar-refractivity contribution in [2.75, 3.05) is 27.3 Å². The highest BCUT2D eigenvalue weighted by Gasteiger charge is 2.20. The number of nitrogens with zero attached hydrogens (tertiary/aromatic N) is 1. The van der Waals surface area contributed by atoms with Gasteiger partial charge in [-0.15, -0.1) is 0 Å². The molecule has 0 aliphatic carbocycles. The minimum Gasteiger partial charge on any atom is -0.496 e. The maximum Gasteiger partial charge on any atom is 0.242 e. The predicted molar refractivity (Wildman–Crippen MR) is 64.6 cm³/mol. The summed E-state index contributed by atoms with van der Waals surface area (Å²) in [5, 5.41) is 8.76. The first-order valence-corrected chi connectivity index (χ1v) is 6.59. The van der Waals surface area contributed by atoms with E-state index in [4.69, 9.17) is 9.84 Å². The number of aliphatic hydroxyl groups is 1. The number of methoxy groups -OCH3 is 1. The second kappa shape index (κ2) is 5.48. The quantitative estimate of drug-likeness (QED) is 0.841. The molecule has 0 aromatic heterocycles. The number of aliphatic hydroxyl groups excluding tert-OH is 1. The van der Waals surface area contributed by atoms with Crippen molar-refractivity contribution in [1.82, 2.24) is 4.31 Å². The van der Waals surface area contributed by atoms with E-state index < -0.39 is 10.0 Å². The fourth-order valence-corrected chi connectivity index (χ4v) is 2.70. The Morgan fingerprint density at radius 2 is 2.06 bits per heavy atom. The molecule has 0 spiro atoms. The summed E-state index contributed by atoms with van der Waals surface area (Å²) in [6.45, 7) is 1.65. The molecule has 0 aliphatic rings. The van der Waals surface area contributed by atoms with Crippen LogP contribution in [0.15, 0.2) is 23.1 Å². The lowest BCUT2D eigenvalue weighted by atomic mass is 10.2. The van der Waals surface area contributed by atoms with Crippen molar-refractivity contribution in [3.05, 3.63) is 23.8 Å². The summed E-state index contributed by atoms with van der Waals surface area (Å²) in [5.41, 5.74) is 0.756. The summed E-state index contributed by atoms with van der Waals surface area (Å²) in [5.74, 6) is 0.647. The third kappa shape index (κ3) is 2.96. The predicted octanol–water partition coefficient (Wildman–Crippen LogP) is 0.616. The van der Waals surface area contributed by atoms with E-state index in [9.17, 15) is 8.42 Å². The minimum absolute atomic E-state index is 0.0768. The topological polar surface area (TPSA) is 66.8 Å². The van der Waals surface area contributed by atoms with Gasteiger partial charge < -0.3 is 9.84 Å². The van der Waals surface area contributed by atoms with E-state index in [-0.39, 0.29) is 18.0 Å². The minimum atomic E-state index is -3.53. The molecule has 17 heavy (non-hydrogen) atoms. The normalized spacial score (nSPS) is 11.8. The Hall–Kier alpha value is -1.11. The van der Waals surface area contributed by atoms with Crippen LogP contribution in [0.2, 0.25) is 0 Å². The fraction of sp³-hybridized carbons (Fsp3) is 0.455. The molecular formula is C11H17NO4S. The summed E-state index contributed by atoms with van der Waals surface area (Å²) < 4.78 is 30.3. The summed E-state index contributed by atoms with van der Waals surface area (Å²) in [6.07, 6.45) is 0. The Bertz CT molecular complexity index is 484. The lowest BCUT2D eigenvalue weighted by Gasteiger charge is -2.16. The Morgan fingerprint density at radius 1 is 1.41 bits per heavy atom. The molecule has 0 fully saturated rings. The molecular weight excluding hydrogens is 242 g/mol. The van der Waals surface area contributed by atoms with Crippen LogP contribution in [-0.4, -0.2) is 45.1 Å². The first-order chi connectivity index (χ1) is 7.93. The van der Waals surface area contributed by atoms with E-state index in [0.717, 1.165) is 9.87 Å². The van der Waals surface area contributed by atoms with Gasteiger partial charge in [0, 0.05) is 13.6 Å². The summed E-state index contributed by atoms with van der Waals surface area (Å²) >= 11 is 0. The van der Waals surface area contributed by atoms with Crippen LogP contribution in [0, 0.1) is 6.92 Å². The molecule has 1 aromatic carbocycles. The van der Waals surface area contributed by atoms with Crippen molar-refractivity contribution < 1.29 is 18.3 Å². The van der Waals surface area contributed by atoms with Crippen LogP contribution in [-0.2, 0) is 10.0 Å². The molecule has 0 amide bonds. The highest BCUT2D eigenvalue weighted by atomic mass is 32.2. The molecule has 1 rings (SSSR count). The zero-order valence-corrected chi connectivity index (χ0v) is 11.0. The van der Waals surface area contributed by atoms with Gasteiger partial charge in [0.2, 0.25) is 10.0 Å². The molecule has 1 N–H and O–H groups in total. The molecule has 0 bridgehead atoms. The van der Waals surface area contributed by atoms with Gasteiger partial charge in [0.05, 0.1) is 18.6 Å². The Labute approximate surface area is 102 Å². The maximum absolute atomic E-state index is 12.0. The van der Waals surface area contributed by atoms with Gasteiger partial charge in [0.25, 0.3) is 0 Å². The highest BCUT2D eigenvalue weighted by molar-refractivity contribution is 7.89. The molecule has 0 atom stereocenters. The van der Waals surface area contributed by atoms with Crippen molar-refractivity contribution in [3.8, 4) is 5.75 Å². The van der Waals surface area contributed by atoms with Crippen LogP contribution >= 0.6 is 0 Å². The first-order valence-electron chi connectivity index (χ1n) is 5.15. The smallest absolute Gasteiger partial charge is 0.242 e. The number of hydrogen-bond donors (Lipinski definition) is 1. The van der Waals surface area contributed by atoms with Crippen LogP contribution in [0.1, 0.15) is 5.56 Å². The molecule has 0 heterocycles. The average Bonchev–Trinajstić information content (AvgIpc) is 2.29. The number of sulfonamides is 1. The van der Waals surface area contributed by atoms with Gasteiger partial charge in [-0.3, -0.25) is 0 Å². The van der Waals surface area contributed by atoms with E-state index in [1.165, 1.54) is 20.2 Å². The van der Waals surface area contributed by atoms with Gasteiger partial charge in [-0.2, -0.15) is 4.31 Å². The number of rotatable bonds is 5. The lowest BCUT2D eigenvalue weighted by Crippen LogP contribution is -2.29. The second-order valence-corrected chi connectivity index (χ2v) is 5.73. The number of aryl methyl sites for hydroxylation is 1. The average molecular weight is 259 g/mol. The van der Waals surface area contributed by atoms with Gasteiger partial charge >= 0.3 is 0 Å². The van der Waals surface area contributed by atoms with Crippen molar-refractivity contribution in [2.24, 2.45) is 0 Å². The van der Waals surface area contributed by atoms with Crippen molar-refractivity contribution >= 4 is 10.0 Å². The standard InChI is InChI=1S/C11H17NO4S/c1-9-8-10(4-5-11(9)16-3)17(14,15)12(2)6-7-13/h4-5,8,13H,6-7H2,1-3H3. The molecule has 5 nitrogen and oxygen atoms in total. The van der Waals surface area contributed by atoms with Crippen LogP contribution in [0.25, 0.3) is 0 Å². The molecule has 0 saturated heterocycles. The zero-order valence-electron chi connectivity index (χ0n) is 10.2. The van der Waals surface area contributed by atoms with E-state index in [2.05, 4.69) is 0 Å². The SMILES string of the molecule is COc1ccc(S(=O)(=O)N(C)CCO)cc1C. The Balaban J connectivity index is 3.12. The van der Waals surface area contributed by atoms with Gasteiger partial charge in [-0.1, -0.05) is 0 Å². The van der Waals surface area contributed by atoms with E-state index in [0.29, 0.717) is 5.75 Å². The third-order valence-corrected chi connectivity index (χ3v) is 4.34. The molecule has 0 aliphatic heterocycles. The van der Waals surface area contributed by atoms with Gasteiger partial charge in [0.15, 0.2) is 0 Å². The lowest BCUT2D eigenvalue weighted by molar-refractivity contribution is 0.266. The Kier molecular flexibility index (Phi) is 4.50. The van der Waals surface area contributed by atoms with E-state index in [1.807, 2.05) is 0 Å². The zero-order chi connectivity index (χ0) is 13.1. The van der Waals surface area contributed by atoms with Crippen LogP contribution in [0.4, 0.5) is 0 Å². The molecule has 6 heteroatoms. The Morgan fingerprint density at radius 3 is 2.53 bits per heavy atom. The van der Waals surface area contributed by atoms with Crippen molar-refractivity contribution in [1.29, 1.82) is 0 Å². The van der Waals surface area contributed by atoms with Gasteiger partial charge in [0.1, 0.15) is 5.75 Å². The van der Waals surface area contributed by atoms with Gasteiger partial charge in [-0.05, 0) is 30.7 Å². The molecule has 0 radical (unpaired) electrons. The molecule has 1 aromatic rings. The van der Waals surface area contributed by atoms with Gasteiger partial charge in [-0.25, -0.2) is 8.42 Å². The summed E-state index contributed by atoms with van der Waals surface area (Å²) in [4.78, 5) is 0.201. The number of benzene rings is 1. The molecule has 0 unspecified atom stereocenters. The number of hydrogen-bond acceptors (Lipinski definition) is 4. The second-order valence-electron chi connectivity index (χ2n) is 3.68. The summed E-state index contributed by atoms with van der Waals surface area (Å²) in [6, 6.07) is 4.67. The van der Waals surface area contributed by atoms with E-state index >= 15 is 0 Å². The number of likely N-dealkylation sites (N-methyl/N-ethyl adjacent to an activating group) is 1. The van der Waals surface area contributed by atoms with Crippen LogP contribution in [0.5, 0.6) is 5.75 Å². The maximum atomic E-state index is 12.0. The fourth-order valence-electron chi connectivity index (χ4n) is 1.45. The first kappa shape index (κ1) is 14.0. The largest absolute Gasteiger partial charge is 0.496 e. The van der Waals surface area contributed by atoms with Crippen molar-refractivity contribution in [2.45, 2.75) is 11.8 Å². The third-order valence-electron chi connectivity index (χ3n) is 2.49. The van der Waals surface area contributed by atoms with Crippen molar-refractivity contribution in [3.63, 3.8) is 0 Å². The summed E-state index contributed by atoms with van der Waals surface area (Å²) in [7, 11) is -0.559. The van der Waals surface area contributed by atoms with Crippen LogP contribution in [0.3, 0.4) is 0 Å². The monoisotopic (exact) mass is 259 g/mol. The van der Waals surface area contributed by atoms with Crippen LogP contribution < -0.4 is 4.74 Å². The molecule has 0 saturated carbocycles. The van der Waals surface area contributed by atoms with E-state index in [1.54, 1.807) is 19.1 Å².